The number of rotatable bonds is 6. The number of esters is 1. The molecule has 0 unspecified atom stereocenters. The van der Waals surface area contributed by atoms with Gasteiger partial charge in [0.25, 0.3) is 0 Å². The summed E-state index contributed by atoms with van der Waals surface area (Å²) in [5.41, 5.74) is 1.42. The predicted octanol–water partition coefficient (Wildman–Crippen LogP) is 2.41. The Labute approximate surface area is 117 Å². The quantitative estimate of drug-likeness (QED) is 0.820. The Kier molecular flexibility index (Phi) is 5.15. The first-order valence-corrected chi connectivity index (χ1v) is 6.34. The number of benzene rings is 2. The van der Waals surface area contributed by atoms with E-state index < -0.39 is 0 Å². The van der Waals surface area contributed by atoms with E-state index in [1.165, 1.54) is 0 Å². The number of ether oxygens (including phenoxy) is 2. The van der Waals surface area contributed by atoms with Crippen molar-refractivity contribution >= 4 is 5.97 Å². The molecule has 0 amide bonds. The summed E-state index contributed by atoms with van der Waals surface area (Å²) in [7, 11) is 0. The lowest BCUT2D eigenvalue weighted by Crippen LogP contribution is -2.06. The van der Waals surface area contributed by atoms with Crippen LogP contribution in [0, 0.1) is 0 Å². The Morgan fingerprint density at radius 1 is 1.00 bits per heavy atom. The second-order valence-corrected chi connectivity index (χ2v) is 4.16. The first kappa shape index (κ1) is 14.1. The molecule has 0 fully saturated rings. The largest absolute Gasteiger partial charge is 0.491 e. The fraction of sp³-hybridized carbons (Fsp3) is 0.188. The van der Waals surface area contributed by atoms with Crippen molar-refractivity contribution in [3.8, 4) is 5.75 Å². The topological polar surface area (TPSA) is 55.8 Å². The minimum Gasteiger partial charge on any atom is -0.491 e. The van der Waals surface area contributed by atoms with Crippen molar-refractivity contribution in [1.82, 2.24) is 0 Å². The summed E-state index contributed by atoms with van der Waals surface area (Å²) in [5, 5.41) is 8.65. The van der Waals surface area contributed by atoms with E-state index in [1.54, 1.807) is 24.3 Å². The van der Waals surface area contributed by atoms with Gasteiger partial charge < -0.3 is 14.6 Å². The van der Waals surface area contributed by atoms with Gasteiger partial charge in [-0.15, -0.1) is 0 Å². The molecule has 0 spiro atoms. The molecule has 0 aliphatic rings. The van der Waals surface area contributed by atoms with Crippen LogP contribution in [-0.4, -0.2) is 24.3 Å². The van der Waals surface area contributed by atoms with Gasteiger partial charge in [-0.3, -0.25) is 0 Å². The Morgan fingerprint density at radius 3 is 2.35 bits per heavy atom. The molecule has 0 radical (unpaired) electrons. The maximum Gasteiger partial charge on any atom is 0.338 e. The molecule has 4 heteroatoms. The van der Waals surface area contributed by atoms with Crippen LogP contribution >= 0.6 is 0 Å². The second kappa shape index (κ2) is 7.31. The summed E-state index contributed by atoms with van der Waals surface area (Å²) in [5.74, 6) is 0.237. The molecular formula is C16H16O4. The molecule has 20 heavy (non-hydrogen) atoms. The number of aliphatic hydroxyl groups excluding tert-OH is 1. The van der Waals surface area contributed by atoms with E-state index in [2.05, 4.69) is 0 Å². The number of carbonyl (C=O) groups is 1. The van der Waals surface area contributed by atoms with E-state index >= 15 is 0 Å². The summed E-state index contributed by atoms with van der Waals surface area (Å²) >= 11 is 0. The van der Waals surface area contributed by atoms with Crippen molar-refractivity contribution in [3.63, 3.8) is 0 Å². The smallest absolute Gasteiger partial charge is 0.338 e. The molecule has 2 aromatic rings. The molecule has 0 aliphatic heterocycles. The van der Waals surface area contributed by atoms with Crippen LogP contribution in [0.15, 0.2) is 54.6 Å². The van der Waals surface area contributed by atoms with Gasteiger partial charge in [0.05, 0.1) is 12.2 Å². The minimum atomic E-state index is -0.373. The van der Waals surface area contributed by atoms with Crippen molar-refractivity contribution in [3.05, 3.63) is 65.7 Å². The highest BCUT2D eigenvalue weighted by molar-refractivity contribution is 5.89. The van der Waals surface area contributed by atoms with Crippen molar-refractivity contribution in [2.45, 2.75) is 6.61 Å². The van der Waals surface area contributed by atoms with Gasteiger partial charge in [0.15, 0.2) is 0 Å². The third-order valence-corrected chi connectivity index (χ3v) is 2.66. The summed E-state index contributed by atoms with van der Waals surface area (Å²) < 4.78 is 10.4. The summed E-state index contributed by atoms with van der Waals surface area (Å²) in [6.45, 7) is 0.446. The molecule has 1 N–H and O–H groups in total. The van der Waals surface area contributed by atoms with Gasteiger partial charge in [-0.05, 0) is 29.8 Å². The zero-order valence-electron chi connectivity index (χ0n) is 11.0. The van der Waals surface area contributed by atoms with E-state index in [1.807, 2.05) is 30.3 Å². The summed E-state index contributed by atoms with van der Waals surface area (Å²) in [6, 6.07) is 16.1. The zero-order chi connectivity index (χ0) is 14.2. The number of aliphatic hydroxyl groups is 1. The van der Waals surface area contributed by atoms with Crippen LogP contribution in [0.3, 0.4) is 0 Å². The van der Waals surface area contributed by atoms with Gasteiger partial charge >= 0.3 is 5.97 Å². The summed E-state index contributed by atoms with van der Waals surface area (Å²) in [6.07, 6.45) is 0. The van der Waals surface area contributed by atoms with Crippen molar-refractivity contribution in [2.24, 2.45) is 0 Å². The van der Waals surface area contributed by atoms with Crippen LogP contribution in [0.4, 0.5) is 0 Å². The number of carbonyl (C=O) groups excluding carboxylic acids is 1. The Hall–Kier alpha value is -2.33. The van der Waals surface area contributed by atoms with Gasteiger partial charge in [-0.2, -0.15) is 0 Å². The van der Waals surface area contributed by atoms with E-state index in [9.17, 15) is 4.79 Å². The van der Waals surface area contributed by atoms with Crippen molar-refractivity contribution < 1.29 is 19.4 Å². The molecule has 0 bridgehead atoms. The normalized spacial score (nSPS) is 10.1. The highest BCUT2D eigenvalue weighted by Gasteiger charge is 2.07. The highest BCUT2D eigenvalue weighted by Crippen LogP contribution is 2.13. The molecule has 2 aromatic carbocycles. The van der Waals surface area contributed by atoms with Crippen LogP contribution in [0.25, 0.3) is 0 Å². The lowest BCUT2D eigenvalue weighted by Gasteiger charge is -2.07. The third-order valence-electron chi connectivity index (χ3n) is 2.66. The molecular weight excluding hydrogens is 256 g/mol. The first-order chi connectivity index (χ1) is 9.79. The fourth-order valence-corrected chi connectivity index (χ4v) is 1.66. The first-order valence-electron chi connectivity index (χ1n) is 6.34. The SMILES string of the molecule is O=C(OCc1ccccc1)c1ccc(OCCO)cc1. The van der Waals surface area contributed by atoms with Crippen LogP contribution in [0.2, 0.25) is 0 Å². The Morgan fingerprint density at radius 2 is 1.70 bits per heavy atom. The molecule has 0 saturated heterocycles. The van der Waals surface area contributed by atoms with Crippen molar-refractivity contribution in [2.75, 3.05) is 13.2 Å². The lowest BCUT2D eigenvalue weighted by molar-refractivity contribution is 0.0472. The minimum absolute atomic E-state index is 0.0408. The molecule has 104 valence electrons. The molecule has 4 nitrogen and oxygen atoms in total. The van der Waals surface area contributed by atoms with E-state index in [0.29, 0.717) is 11.3 Å². The molecule has 0 atom stereocenters. The van der Waals surface area contributed by atoms with Crippen LogP contribution in [0.5, 0.6) is 5.75 Å². The third kappa shape index (κ3) is 4.10. The number of hydrogen-bond acceptors (Lipinski definition) is 4. The second-order valence-electron chi connectivity index (χ2n) is 4.16. The predicted molar refractivity (Wildman–Crippen MR) is 74.6 cm³/mol. The average molecular weight is 272 g/mol. The number of hydrogen-bond donors (Lipinski definition) is 1. The maximum atomic E-state index is 11.8. The Balaban J connectivity index is 1.89. The Bertz CT molecular complexity index is 534. The molecule has 0 aliphatic carbocycles. The lowest BCUT2D eigenvalue weighted by atomic mass is 10.2. The van der Waals surface area contributed by atoms with Gasteiger partial charge in [0.2, 0.25) is 0 Å². The van der Waals surface area contributed by atoms with Gasteiger partial charge in [-0.1, -0.05) is 30.3 Å². The molecule has 0 saturated carbocycles. The maximum absolute atomic E-state index is 11.8. The molecule has 0 heterocycles. The molecule has 2 rings (SSSR count). The van der Waals surface area contributed by atoms with Gasteiger partial charge in [0, 0.05) is 0 Å². The summed E-state index contributed by atoms with van der Waals surface area (Å²) in [4.78, 5) is 11.8. The average Bonchev–Trinajstić information content (AvgIpc) is 2.52. The fourth-order valence-electron chi connectivity index (χ4n) is 1.66. The van der Waals surface area contributed by atoms with Crippen molar-refractivity contribution in [1.29, 1.82) is 0 Å². The van der Waals surface area contributed by atoms with Gasteiger partial charge in [-0.25, -0.2) is 4.79 Å². The standard InChI is InChI=1S/C16H16O4/c17-10-11-19-15-8-6-14(7-9-15)16(18)20-12-13-4-2-1-3-5-13/h1-9,17H,10-12H2. The molecule has 0 aromatic heterocycles. The highest BCUT2D eigenvalue weighted by atomic mass is 16.5. The van der Waals surface area contributed by atoms with E-state index in [0.717, 1.165) is 5.56 Å². The van der Waals surface area contributed by atoms with Crippen LogP contribution < -0.4 is 4.74 Å². The van der Waals surface area contributed by atoms with E-state index in [4.69, 9.17) is 14.6 Å². The zero-order valence-corrected chi connectivity index (χ0v) is 11.0. The van der Waals surface area contributed by atoms with E-state index in [-0.39, 0.29) is 25.8 Å². The van der Waals surface area contributed by atoms with Crippen LogP contribution in [0.1, 0.15) is 15.9 Å². The van der Waals surface area contributed by atoms with Crippen LogP contribution in [-0.2, 0) is 11.3 Å². The monoisotopic (exact) mass is 272 g/mol. The van der Waals surface area contributed by atoms with Gasteiger partial charge in [0.1, 0.15) is 19.0 Å².